The molecule has 3 spiro atoms. The van der Waals surface area contributed by atoms with Crippen molar-refractivity contribution in [3.8, 4) is 11.1 Å². The Hall–Kier alpha value is -3.48. The van der Waals surface area contributed by atoms with Crippen molar-refractivity contribution in [3.63, 3.8) is 0 Å². The zero-order chi connectivity index (χ0) is 32.9. The van der Waals surface area contributed by atoms with E-state index in [1.165, 1.54) is 4.88 Å². The molecule has 5 nitrogen and oxygen atoms in total. The van der Waals surface area contributed by atoms with Crippen molar-refractivity contribution < 1.29 is 19.4 Å². The summed E-state index contributed by atoms with van der Waals surface area (Å²) in [5.41, 5.74) is 2.22. The number of Topliss-reactive ketones (excluding diaryl/α,β-unsaturated/α-hetero) is 1. The number of fused-ring (bicyclic) bond motifs is 2. The third kappa shape index (κ3) is 3.99. The molecule has 2 heterocycles. The fraction of sp³-hybridized carbons (Fsp3) is 0.476. The van der Waals surface area contributed by atoms with E-state index >= 15 is 0 Å². The van der Waals surface area contributed by atoms with Gasteiger partial charge in [-0.2, -0.15) is 0 Å². The summed E-state index contributed by atoms with van der Waals surface area (Å²) in [4.78, 5) is 31.7. The topological polar surface area (TPSA) is 66.8 Å². The number of aliphatic hydroxyl groups is 1. The number of rotatable bonds is 6. The number of carbonyl (C=O) groups excluding carboxylic acids is 2. The van der Waals surface area contributed by atoms with Crippen molar-refractivity contribution >= 4 is 23.2 Å². The van der Waals surface area contributed by atoms with Gasteiger partial charge in [0.25, 0.3) is 0 Å². The molecule has 6 heteroatoms. The molecule has 3 saturated carbocycles. The molecule has 0 radical (unpaired) electrons. The quantitative estimate of drug-likeness (QED) is 0.212. The van der Waals surface area contributed by atoms with E-state index in [9.17, 15) is 14.7 Å². The van der Waals surface area contributed by atoms with Crippen molar-refractivity contribution in [2.24, 2.45) is 33.5 Å². The van der Waals surface area contributed by atoms with Gasteiger partial charge in [0.2, 0.25) is 0 Å². The summed E-state index contributed by atoms with van der Waals surface area (Å²) >= 11 is 1.74. The Bertz CT molecular complexity index is 1830. The Kier molecular flexibility index (Phi) is 6.69. The average Bonchev–Trinajstić information content (AvgIpc) is 3.81. The molecule has 6 aliphatic carbocycles. The van der Waals surface area contributed by atoms with Gasteiger partial charge in [0.15, 0.2) is 5.78 Å². The number of benzene rings is 2. The third-order valence-corrected chi connectivity index (χ3v) is 15.3. The Balaban J connectivity index is 1.11. The van der Waals surface area contributed by atoms with E-state index < -0.39 is 11.0 Å². The molecule has 48 heavy (non-hydrogen) atoms. The predicted molar refractivity (Wildman–Crippen MR) is 189 cm³/mol. The van der Waals surface area contributed by atoms with Crippen LogP contribution in [-0.2, 0) is 11.2 Å². The van der Waals surface area contributed by atoms with E-state index in [1.807, 2.05) is 35.2 Å². The molecule has 1 aromatic heterocycles. The van der Waals surface area contributed by atoms with Crippen LogP contribution in [0.1, 0.15) is 74.0 Å². The molecule has 7 aliphatic rings. The first-order valence-electron chi connectivity index (χ1n) is 18.0. The summed E-state index contributed by atoms with van der Waals surface area (Å²) in [6.45, 7) is 6.11. The molecule has 8 atom stereocenters. The monoisotopic (exact) mass is 659 g/mol. The lowest BCUT2D eigenvalue weighted by atomic mass is 9.32. The van der Waals surface area contributed by atoms with E-state index in [2.05, 4.69) is 73.9 Å². The number of amides is 1. The third-order valence-electron chi connectivity index (χ3n) is 14.4. The van der Waals surface area contributed by atoms with Crippen LogP contribution in [0.25, 0.3) is 11.1 Å². The lowest BCUT2D eigenvalue weighted by Crippen LogP contribution is -2.67. The van der Waals surface area contributed by atoms with Gasteiger partial charge in [0, 0.05) is 38.8 Å². The van der Waals surface area contributed by atoms with Crippen LogP contribution in [0.4, 0.5) is 4.79 Å². The normalized spacial score (nSPS) is 39.1. The van der Waals surface area contributed by atoms with Crippen molar-refractivity contribution in [2.45, 2.75) is 76.9 Å². The highest BCUT2D eigenvalue weighted by Crippen LogP contribution is 2.79. The molecule has 10 rings (SSSR count). The second-order valence-electron chi connectivity index (χ2n) is 16.2. The number of carbonyl (C=O) groups is 2. The maximum absolute atomic E-state index is 15.0. The summed E-state index contributed by atoms with van der Waals surface area (Å²) in [5, 5.41) is 13.1. The highest BCUT2D eigenvalue weighted by Gasteiger charge is 2.76. The van der Waals surface area contributed by atoms with E-state index in [1.54, 1.807) is 11.3 Å². The van der Waals surface area contributed by atoms with E-state index in [0.717, 1.165) is 67.2 Å². The van der Waals surface area contributed by atoms with Crippen molar-refractivity contribution in [1.29, 1.82) is 0 Å². The van der Waals surface area contributed by atoms with Crippen LogP contribution >= 0.6 is 11.3 Å². The summed E-state index contributed by atoms with van der Waals surface area (Å²) in [6.07, 6.45) is 13.6. The minimum atomic E-state index is -0.557. The molecule has 1 N–H and O–H groups in total. The molecule has 248 valence electrons. The molecule has 1 aliphatic heterocycles. The summed E-state index contributed by atoms with van der Waals surface area (Å²) in [6, 6.07) is 22.6. The zero-order valence-corrected chi connectivity index (χ0v) is 28.8. The zero-order valence-electron chi connectivity index (χ0n) is 28.0. The lowest BCUT2D eigenvalue weighted by molar-refractivity contribution is -0.164. The minimum absolute atomic E-state index is 0.0435. The SMILES string of the molecule is C[C@]12CC[C@H]3[C@]4(C=C[C@@]5(C=C4C(=O)c4ccc(-c6ccccc6)cc4)C[C@@H](O)CC[C@]35C)[C@@H]1CC[C@@]21CN(CCc2cccs2)C(=O)O1. The fourth-order valence-corrected chi connectivity index (χ4v) is 12.6. The molecule has 4 fully saturated rings. The van der Waals surface area contributed by atoms with Crippen LogP contribution in [0, 0.1) is 33.5 Å². The number of ether oxygens (including phenoxy) is 1. The standard InChI is InChI=1S/C42H45NO4S/c1-38-18-14-31(44)25-40(38)21-22-42(33(26-40)36(45)30-12-10-29(11-13-30)28-7-4-3-5-8-28)34(38)15-19-39(2)35(42)16-20-41(39)27-43(37(46)47-41)23-17-32-9-6-24-48-32/h3-13,21-22,24,26,31,34-35,44H,14-20,23,25,27H2,1-2H3/t31-,34+,35+,38+,39-,40-,41+,42+/m0/s1. The first-order chi connectivity index (χ1) is 23.1. The number of allylic oxidation sites excluding steroid dienone is 4. The number of aliphatic hydroxyl groups excluding tert-OH is 1. The van der Waals surface area contributed by atoms with Gasteiger partial charge in [-0.25, -0.2) is 4.79 Å². The number of hydrogen-bond acceptors (Lipinski definition) is 5. The molecular formula is C42H45NO4S. The predicted octanol–water partition coefficient (Wildman–Crippen LogP) is 8.89. The van der Waals surface area contributed by atoms with Gasteiger partial charge in [-0.05, 0) is 91.2 Å². The summed E-state index contributed by atoms with van der Waals surface area (Å²) in [7, 11) is 0. The number of thiophene rings is 1. The van der Waals surface area contributed by atoms with Gasteiger partial charge in [0.1, 0.15) is 5.60 Å². The number of ketones is 1. The minimum Gasteiger partial charge on any atom is -0.440 e. The first-order valence-corrected chi connectivity index (χ1v) is 18.8. The summed E-state index contributed by atoms with van der Waals surface area (Å²) < 4.78 is 6.56. The second kappa shape index (κ2) is 10.5. The van der Waals surface area contributed by atoms with Crippen LogP contribution in [-0.4, -0.2) is 46.7 Å². The molecule has 2 aromatic carbocycles. The first kappa shape index (κ1) is 30.6. The van der Waals surface area contributed by atoms with E-state index in [0.29, 0.717) is 19.5 Å². The molecule has 0 unspecified atom stereocenters. The van der Waals surface area contributed by atoms with Gasteiger partial charge < -0.3 is 14.7 Å². The molecule has 1 saturated heterocycles. The summed E-state index contributed by atoms with van der Waals surface area (Å²) in [5.74, 6) is 0.567. The van der Waals surface area contributed by atoms with Gasteiger partial charge in [-0.15, -0.1) is 11.3 Å². The molecule has 1 amide bonds. The Morgan fingerprint density at radius 1 is 0.896 bits per heavy atom. The van der Waals surface area contributed by atoms with Crippen LogP contribution < -0.4 is 0 Å². The molecular weight excluding hydrogens is 615 g/mol. The highest BCUT2D eigenvalue weighted by atomic mass is 32.1. The Labute approximate surface area is 287 Å². The van der Waals surface area contributed by atoms with Crippen LogP contribution in [0.3, 0.4) is 0 Å². The van der Waals surface area contributed by atoms with Gasteiger partial charge in [-0.3, -0.25) is 4.79 Å². The highest BCUT2D eigenvalue weighted by molar-refractivity contribution is 7.09. The smallest absolute Gasteiger partial charge is 0.410 e. The van der Waals surface area contributed by atoms with Gasteiger partial charge >= 0.3 is 6.09 Å². The largest absolute Gasteiger partial charge is 0.440 e. The second-order valence-corrected chi connectivity index (χ2v) is 17.2. The lowest BCUT2D eigenvalue weighted by Gasteiger charge is -2.71. The average molecular weight is 660 g/mol. The van der Waals surface area contributed by atoms with Crippen molar-refractivity contribution in [3.05, 3.63) is 106 Å². The fourth-order valence-electron chi connectivity index (χ4n) is 11.9. The van der Waals surface area contributed by atoms with Crippen LogP contribution in [0.15, 0.2) is 95.9 Å². The van der Waals surface area contributed by atoms with Crippen LogP contribution in [0.2, 0.25) is 0 Å². The number of hydrogen-bond donors (Lipinski definition) is 1. The maximum atomic E-state index is 15.0. The molecule has 2 bridgehead atoms. The van der Waals surface area contributed by atoms with Gasteiger partial charge in [0.05, 0.1) is 12.6 Å². The number of nitrogens with zero attached hydrogens (tertiary/aromatic N) is 1. The van der Waals surface area contributed by atoms with E-state index in [-0.39, 0.29) is 46.1 Å². The van der Waals surface area contributed by atoms with Crippen LogP contribution in [0.5, 0.6) is 0 Å². The van der Waals surface area contributed by atoms with E-state index in [4.69, 9.17) is 4.74 Å². The Morgan fingerprint density at radius 3 is 2.40 bits per heavy atom. The molecule has 3 aromatic rings. The van der Waals surface area contributed by atoms with Crippen molar-refractivity contribution in [1.82, 2.24) is 4.90 Å². The Morgan fingerprint density at radius 2 is 1.62 bits per heavy atom. The van der Waals surface area contributed by atoms with Gasteiger partial charge in [-0.1, -0.05) is 92.7 Å². The van der Waals surface area contributed by atoms with Crippen molar-refractivity contribution in [2.75, 3.05) is 13.1 Å². The maximum Gasteiger partial charge on any atom is 0.410 e.